The minimum Gasteiger partial charge on any atom is -0.367 e. The van der Waals surface area contributed by atoms with E-state index in [-0.39, 0.29) is 0 Å². The van der Waals surface area contributed by atoms with Gasteiger partial charge in [0, 0.05) is 0 Å². The second-order valence-electron chi connectivity index (χ2n) is 3.91. The molecule has 2 N–H and O–H groups in total. The third-order valence-corrected chi connectivity index (χ3v) is 2.93. The first-order valence-corrected chi connectivity index (χ1v) is 4.94. The average molecular weight is 180 g/mol. The molecule has 1 fully saturated rings. The molecule has 2 unspecified atom stereocenters. The van der Waals surface area contributed by atoms with Crippen LogP contribution in [0.15, 0.2) is 6.33 Å². The molecule has 1 aromatic heterocycles. The Kier molecular flexibility index (Phi) is 2.20. The lowest BCUT2D eigenvalue weighted by atomic mass is 9.86. The summed E-state index contributed by atoms with van der Waals surface area (Å²) < 4.78 is 1.93. The molecular formula is C9H16N4. The Morgan fingerprint density at radius 2 is 2.23 bits per heavy atom. The monoisotopic (exact) mass is 180 g/mol. The molecule has 1 heterocycles. The molecule has 1 aliphatic carbocycles. The third kappa shape index (κ3) is 1.66. The van der Waals surface area contributed by atoms with Crippen molar-refractivity contribution in [2.24, 2.45) is 5.92 Å². The van der Waals surface area contributed by atoms with Gasteiger partial charge in [-0.2, -0.15) is 0 Å². The normalized spacial score (nSPS) is 29.0. The molecule has 1 saturated carbocycles. The van der Waals surface area contributed by atoms with Gasteiger partial charge in [-0.15, -0.1) is 5.10 Å². The summed E-state index contributed by atoms with van der Waals surface area (Å²) in [6, 6.07) is 0.513. The molecule has 0 bridgehead atoms. The Hall–Kier alpha value is -1.06. The summed E-state index contributed by atoms with van der Waals surface area (Å²) in [5.41, 5.74) is 5.49. The fraction of sp³-hybridized carbons (Fsp3) is 0.778. The number of hydrogen-bond acceptors (Lipinski definition) is 3. The SMILES string of the molecule is CC1CCCCC1n1cnc(N)n1. The van der Waals surface area contributed by atoms with E-state index in [2.05, 4.69) is 17.0 Å². The minimum absolute atomic E-state index is 0.387. The van der Waals surface area contributed by atoms with Crippen LogP contribution in [0.25, 0.3) is 0 Å². The minimum atomic E-state index is 0.387. The van der Waals surface area contributed by atoms with Gasteiger partial charge in [-0.25, -0.2) is 9.67 Å². The zero-order valence-corrected chi connectivity index (χ0v) is 7.98. The van der Waals surface area contributed by atoms with E-state index in [1.165, 1.54) is 25.7 Å². The van der Waals surface area contributed by atoms with E-state index in [0.29, 0.717) is 17.9 Å². The van der Waals surface area contributed by atoms with Gasteiger partial charge in [0.1, 0.15) is 6.33 Å². The van der Waals surface area contributed by atoms with Crippen molar-refractivity contribution in [1.82, 2.24) is 14.8 Å². The van der Waals surface area contributed by atoms with E-state index in [1.807, 2.05) is 4.68 Å². The van der Waals surface area contributed by atoms with Gasteiger partial charge >= 0.3 is 0 Å². The second-order valence-corrected chi connectivity index (χ2v) is 3.91. The van der Waals surface area contributed by atoms with Crippen LogP contribution in [0.4, 0.5) is 5.95 Å². The molecule has 4 heteroatoms. The average Bonchev–Trinajstić information content (AvgIpc) is 2.53. The van der Waals surface area contributed by atoms with Gasteiger partial charge in [0.25, 0.3) is 0 Å². The van der Waals surface area contributed by atoms with Crippen LogP contribution in [-0.2, 0) is 0 Å². The molecule has 13 heavy (non-hydrogen) atoms. The van der Waals surface area contributed by atoms with Crippen molar-refractivity contribution < 1.29 is 0 Å². The van der Waals surface area contributed by atoms with Crippen LogP contribution in [0.3, 0.4) is 0 Å². The lowest BCUT2D eigenvalue weighted by molar-refractivity contribution is 0.240. The largest absolute Gasteiger partial charge is 0.367 e. The van der Waals surface area contributed by atoms with E-state index < -0.39 is 0 Å². The first-order valence-electron chi connectivity index (χ1n) is 4.94. The van der Waals surface area contributed by atoms with Crippen molar-refractivity contribution in [2.75, 3.05) is 5.73 Å². The molecule has 4 nitrogen and oxygen atoms in total. The van der Waals surface area contributed by atoms with Crippen LogP contribution < -0.4 is 5.73 Å². The zero-order chi connectivity index (χ0) is 9.26. The molecule has 2 atom stereocenters. The second kappa shape index (κ2) is 3.36. The van der Waals surface area contributed by atoms with E-state index in [0.717, 1.165) is 0 Å². The molecule has 72 valence electrons. The predicted octanol–water partition coefficient (Wildman–Crippen LogP) is 1.61. The van der Waals surface area contributed by atoms with Crippen molar-refractivity contribution in [3.8, 4) is 0 Å². The standard InChI is InChI=1S/C9H16N4/c1-7-4-2-3-5-8(7)13-6-11-9(10)12-13/h6-8H,2-5H2,1H3,(H2,10,12). The van der Waals surface area contributed by atoms with Crippen LogP contribution in [-0.4, -0.2) is 14.8 Å². The molecule has 1 aliphatic rings. The highest BCUT2D eigenvalue weighted by Gasteiger charge is 2.23. The molecule has 0 saturated heterocycles. The maximum atomic E-state index is 5.49. The summed E-state index contributed by atoms with van der Waals surface area (Å²) >= 11 is 0. The number of rotatable bonds is 1. The van der Waals surface area contributed by atoms with Gasteiger partial charge in [0.05, 0.1) is 6.04 Å². The zero-order valence-electron chi connectivity index (χ0n) is 7.98. The van der Waals surface area contributed by atoms with Gasteiger partial charge in [-0.3, -0.25) is 0 Å². The summed E-state index contributed by atoms with van der Waals surface area (Å²) in [6.45, 7) is 2.28. The molecule has 1 aromatic rings. The van der Waals surface area contributed by atoms with Crippen LogP contribution in [0.2, 0.25) is 0 Å². The summed E-state index contributed by atoms with van der Waals surface area (Å²) in [6.07, 6.45) is 6.91. The maximum absolute atomic E-state index is 5.49. The van der Waals surface area contributed by atoms with Gasteiger partial charge in [-0.1, -0.05) is 19.8 Å². The van der Waals surface area contributed by atoms with Gasteiger partial charge in [0.2, 0.25) is 5.95 Å². The fourth-order valence-electron chi connectivity index (χ4n) is 2.14. The Labute approximate surface area is 78.1 Å². The lowest BCUT2D eigenvalue weighted by Crippen LogP contribution is -2.21. The van der Waals surface area contributed by atoms with Crippen molar-refractivity contribution in [1.29, 1.82) is 0 Å². The number of nitrogen functional groups attached to an aromatic ring is 1. The molecule has 2 rings (SSSR count). The number of hydrogen-bond donors (Lipinski definition) is 1. The third-order valence-electron chi connectivity index (χ3n) is 2.93. The first-order chi connectivity index (χ1) is 6.27. The molecule has 0 aliphatic heterocycles. The van der Waals surface area contributed by atoms with E-state index >= 15 is 0 Å². The van der Waals surface area contributed by atoms with Crippen LogP contribution in [0.5, 0.6) is 0 Å². The molecule has 0 spiro atoms. The Morgan fingerprint density at radius 1 is 1.46 bits per heavy atom. The first kappa shape index (κ1) is 8.53. The number of nitrogens with zero attached hydrogens (tertiary/aromatic N) is 3. The Bertz CT molecular complexity index is 281. The lowest BCUT2D eigenvalue weighted by Gasteiger charge is -2.28. The maximum Gasteiger partial charge on any atom is 0.239 e. The van der Waals surface area contributed by atoms with E-state index in [4.69, 9.17) is 5.73 Å². The topological polar surface area (TPSA) is 56.7 Å². The summed E-state index contributed by atoms with van der Waals surface area (Å²) in [7, 11) is 0. The fourth-order valence-corrected chi connectivity index (χ4v) is 2.14. The van der Waals surface area contributed by atoms with Gasteiger partial charge < -0.3 is 5.73 Å². The van der Waals surface area contributed by atoms with E-state index in [1.54, 1.807) is 6.33 Å². The highest BCUT2D eigenvalue weighted by molar-refractivity contribution is 5.09. The molecule has 0 amide bonds. The number of anilines is 1. The number of nitrogens with two attached hydrogens (primary N) is 1. The van der Waals surface area contributed by atoms with Crippen LogP contribution in [0, 0.1) is 5.92 Å². The van der Waals surface area contributed by atoms with Crippen molar-refractivity contribution in [2.45, 2.75) is 38.6 Å². The molecule has 0 radical (unpaired) electrons. The predicted molar refractivity (Wildman–Crippen MR) is 51.1 cm³/mol. The van der Waals surface area contributed by atoms with Crippen LogP contribution >= 0.6 is 0 Å². The molecular weight excluding hydrogens is 164 g/mol. The summed E-state index contributed by atoms with van der Waals surface area (Å²) in [4.78, 5) is 3.96. The highest BCUT2D eigenvalue weighted by Crippen LogP contribution is 2.32. The Morgan fingerprint density at radius 3 is 2.85 bits per heavy atom. The smallest absolute Gasteiger partial charge is 0.239 e. The van der Waals surface area contributed by atoms with Crippen molar-refractivity contribution >= 4 is 5.95 Å². The summed E-state index contributed by atoms with van der Waals surface area (Å²) in [5, 5.41) is 4.17. The quantitative estimate of drug-likeness (QED) is 0.714. The van der Waals surface area contributed by atoms with E-state index in [9.17, 15) is 0 Å². The van der Waals surface area contributed by atoms with Crippen molar-refractivity contribution in [3.05, 3.63) is 6.33 Å². The Balaban J connectivity index is 2.14. The highest BCUT2D eigenvalue weighted by atomic mass is 15.4. The number of aromatic nitrogens is 3. The van der Waals surface area contributed by atoms with Crippen molar-refractivity contribution in [3.63, 3.8) is 0 Å². The summed E-state index contributed by atoms with van der Waals surface area (Å²) in [5.74, 6) is 1.09. The van der Waals surface area contributed by atoms with Gasteiger partial charge in [-0.05, 0) is 18.8 Å². The van der Waals surface area contributed by atoms with Gasteiger partial charge in [0.15, 0.2) is 0 Å². The van der Waals surface area contributed by atoms with Crippen LogP contribution in [0.1, 0.15) is 38.6 Å². The molecule has 0 aromatic carbocycles.